The average molecular weight is 364 g/mol. The molecule has 0 radical (unpaired) electrons. The lowest BCUT2D eigenvalue weighted by atomic mass is 9.71. The number of carbonyl (C=O) groups excluding carboxylic acids is 2. The van der Waals surface area contributed by atoms with Gasteiger partial charge in [-0.15, -0.1) is 0 Å². The fraction of sp³-hybridized carbons (Fsp3) is 0.458. The smallest absolute Gasteiger partial charge is 0.259 e. The molecule has 0 heterocycles. The Kier molecular flexibility index (Phi) is 4.78. The van der Waals surface area contributed by atoms with Crippen LogP contribution in [0.4, 0.5) is 5.69 Å². The highest BCUT2D eigenvalue weighted by Crippen LogP contribution is 2.54. The van der Waals surface area contributed by atoms with Gasteiger partial charge >= 0.3 is 0 Å². The number of benzene rings is 1. The Bertz CT molecular complexity index is 895. The van der Waals surface area contributed by atoms with Gasteiger partial charge in [-0.25, -0.2) is 4.79 Å². The van der Waals surface area contributed by atoms with Gasteiger partial charge in [-0.1, -0.05) is 52.8 Å². The van der Waals surface area contributed by atoms with Crippen molar-refractivity contribution in [2.45, 2.75) is 58.8 Å². The van der Waals surface area contributed by atoms with E-state index in [4.69, 9.17) is 0 Å². The zero-order valence-corrected chi connectivity index (χ0v) is 17.2. The van der Waals surface area contributed by atoms with Crippen LogP contribution in [0.1, 0.15) is 59.1 Å². The highest BCUT2D eigenvalue weighted by Gasteiger charge is 2.48. The lowest BCUT2D eigenvalue weighted by Crippen LogP contribution is -2.33. The monoisotopic (exact) mass is 363 g/mol. The summed E-state index contributed by atoms with van der Waals surface area (Å²) >= 11 is 0. The molecule has 0 bridgehead atoms. The summed E-state index contributed by atoms with van der Waals surface area (Å²) in [5.74, 6) is 2.30. The van der Waals surface area contributed by atoms with Crippen molar-refractivity contribution in [3.8, 4) is 0 Å². The fourth-order valence-corrected chi connectivity index (χ4v) is 4.61. The van der Waals surface area contributed by atoms with E-state index in [0.717, 1.165) is 5.69 Å². The zero-order chi connectivity index (χ0) is 20.0. The number of allylic oxidation sites excluding steroid dienone is 3. The van der Waals surface area contributed by atoms with Gasteiger partial charge in [-0.2, -0.15) is 0 Å². The van der Waals surface area contributed by atoms with Crippen LogP contribution in [-0.2, 0) is 20.4 Å². The van der Waals surface area contributed by atoms with E-state index in [2.05, 4.69) is 46.8 Å². The molecule has 0 spiro atoms. The van der Waals surface area contributed by atoms with Crippen LogP contribution in [0.15, 0.2) is 47.6 Å². The molecular formula is C24H29NO2. The van der Waals surface area contributed by atoms with E-state index >= 15 is 0 Å². The molecule has 1 atom stereocenters. The molecule has 0 saturated heterocycles. The van der Waals surface area contributed by atoms with Gasteiger partial charge in [0.25, 0.3) is 5.91 Å². The molecule has 3 heteroatoms. The first-order valence-electron chi connectivity index (χ1n) is 9.74. The Balaban J connectivity index is 2.05. The Morgan fingerprint density at radius 3 is 2.48 bits per heavy atom. The van der Waals surface area contributed by atoms with E-state index in [1.807, 2.05) is 31.1 Å². The van der Waals surface area contributed by atoms with Crippen molar-refractivity contribution >= 4 is 17.5 Å². The summed E-state index contributed by atoms with van der Waals surface area (Å²) in [7, 11) is 0. The highest BCUT2D eigenvalue weighted by molar-refractivity contribution is 6.10. The SMILES string of the molecule is CCN(C(=O)C1=CC=CCC1=C=O)c1ccc2c(c1)C(C)(C)C(C)C2(C)C. The van der Waals surface area contributed by atoms with Gasteiger partial charge in [-0.3, -0.25) is 4.79 Å². The maximum absolute atomic E-state index is 13.2. The van der Waals surface area contributed by atoms with Crippen molar-refractivity contribution in [3.05, 3.63) is 58.7 Å². The third-order valence-corrected chi connectivity index (χ3v) is 6.83. The first-order chi connectivity index (χ1) is 12.7. The minimum atomic E-state index is -0.136. The van der Waals surface area contributed by atoms with Crippen molar-refractivity contribution in [2.24, 2.45) is 5.92 Å². The number of hydrogen-bond donors (Lipinski definition) is 0. The molecule has 1 unspecified atom stereocenters. The molecular weight excluding hydrogens is 334 g/mol. The normalized spacial score (nSPS) is 22.1. The van der Waals surface area contributed by atoms with Crippen LogP contribution in [-0.4, -0.2) is 18.4 Å². The molecule has 1 amide bonds. The van der Waals surface area contributed by atoms with Crippen LogP contribution in [0.5, 0.6) is 0 Å². The zero-order valence-electron chi connectivity index (χ0n) is 17.2. The molecule has 0 fully saturated rings. The van der Waals surface area contributed by atoms with Crippen LogP contribution in [0.2, 0.25) is 0 Å². The molecule has 0 aromatic heterocycles. The van der Waals surface area contributed by atoms with Crippen LogP contribution in [0, 0.1) is 5.92 Å². The van der Waals surface area contributed by atoms with Crippen LogP contribution >= 0.6 is 0 Å². The topological polar surface area (TPSA) is 37.4 Å². The number of fused-ring (bicyclic) bond motifs is 1. The summed E-state index contributed by atoms with van der Waals surface area (Å²) in [6, 6.07) is 6.39. The number of likely N-dealkylation sites (N-methyl/N-ethyl adjacent to an activating group) is 1. The van der Waals surface area contributed by atoms with E-state index in [1.54, 1.807) is 11.0 Å². The van der Waals surface area contributed by atoms with Gasteiger partial charge in [0.15, 0.2) is 0 Å². The summed E-state index contributed by atoms with van der Waals surface area (Å²) in [6.07, 6.45) is 5.88. The second-order valence-electron chi connectivity index (χ2n) is 8.74. The van der Waals surface area contributed by atoms with Gasteiger partial charge in [0, 0.05) is 18.7 Å². The van der Waals surface area contributed by atoms with Crippen LogP contribution < -0.4 is 4.90 Å². The standard InChI is InChI=1S/C24H29NO2/c1-7-25(22(27)19-11-9-8-10-17(19)15-26)18-12-13-20-21(14-18)24(5,6)16(2)23(20,3)4/h8-9,11-14,16H,7,10H2,1-6H3. The van der Waals surface area contributed by atoms with E-state index < -0.39 is 0 Å². The van der Waals surface area contributed by atoms with Gasteiger partial charge < -0.3 is 4.90 Å². The van der Waals surface area contributed by atoms with E-state index in [0.29, 0.717) is 30.0 Å². The Hall–Kier alpha value is -2.38. The molecule has 0 saturated carbocycles. The van der Waals surface area contributed by atoms with Crippen LogP contribution in [0.25, 0.3) is 0 Å². The molecule has 1 aromatic rings. The quantitative estimate of drug-likeness (QED) is 0.717. The third kappa shape index (κ3) is 2.91. The summed E-state index contributed by atoms with van der Waals surface area (Å²) in [5, 5.41) is 0. The number of anilines is 1. The molecule has 142 valence electrons. The van der Waals surface area contributed by atoms with Gasteiger partial charge in [-0.05, 0) is 53.0 Å². The van der Waals surface area contributed by atoms with Crippen molar-refractivity contribution < 1.29 is 9.59 Å². The lowest BCUT2D eigenvalue weighted by molar-refractivity contribution is -0.114. The van der Waals surface area contributed by atoms with Crippen molar-refractivity contribution in [1.82, 2.24) is 0 Å². The third-order valence-electron chi connectivity index (χ3n) is 6.83. The summed E-state index contributed by atoms with van der Waals surface area (Å²) in [4.78, 5) is 26.2. The largest absolute Gasteiger partial charge is 0.309 e. The first-order valence-corrected chi connectivity index (χ1v) is 9.74. The Labute approximate surface area is 162 Å². The second kappa shape index (κ2) is 6.65. The highest BCUT2D eigenvalue weighted by atomic mass is 16.2. The van der Waals surface area contributed by atoms with Crippen molar-refractivity contribution in [2.75, 3.05) is 11.4 Å². The minimum Gasteiger partial charge on any atom is -0.309 e. The van der Waals surface area contributed by atoms with Gasteiger partial charge in [0.2, 0.25) is 0 Å². The van der Waals surface area contributed by atoms with Gasteiger partial charge in [0.1, 0.15) is 5.94 Å². The maximum Gasteiger partial charge on any atom is 0.259 e. The number of rotatable bonds is 3. The molecule has 2 aliphatic carbocycles. The Morgan fingerprint density at radius 1 is 1.19 bits per heavy atom. The predicted molar refractivity (Wildman–Crippen MR) is 111 cm³/mol. The molecule has 27 heavy (non-hydrogen) atoms. The predicted octanol–water partition coefficient (Wildman–Crippen LogP) is 4.89. The van der Waals surface area contributed by atoms with E-state index in [1.165, 1.54) is 11.1 Å². The maximum atomic E-state index is 13.2. The van der Waals surface area contributed by atoms with Crippen molar-refractivity contribution in [1.29, 1.82) is 0 Å². The number of amides is 1. The molecule has 3 rings (SSSR count). The Morgan fingerprint density at radius 2 is 1.85 bits per heavy atom. The summed E-state index contributed by atoms with van der Waals surface area (Å²) in [5.41, 5.74) is 4.58. The summed E-state index contributed by atoms with van der Waals surface area (Å²) < 4.78 is 0. The molecule has 1 aromatic carbocycles. The van der Waals surface area contributed by atoms with Gasteiger partial charge in [0.05, 0.1) is 11.1 Å². The minimum absolute atomic E-state index is 0.0397. The molecule has 3 nitrogen and oxygen atoms in total. The van der Waals surface area contributed by atoms with Crippen LogP contribution in [0.3, 0.4) is 0 Å². The number of hydrogen-bond acceptors (Lipinski definition) is 2. The van der Waals surface area contributed by atoms with Crippen molar-refractivity contribution in [3.63, 3.8) is 0 Å². The van der Waals surface area contributed by atoms with E-state index in [9.17, 15) is 9.59 Å². The second-order valence-corrected chi connectivity index (χ2v) is 8.74. The fourth-order valence-electron chi connectivity index (χ4n) is 4.61. The van der Waals surface area contributed by atoms with E-state index in [-0.39, 0.29) is 16.7 Å². The summed E-state index contributed by atoms with van der Waals surface area (Å²) in [6.45, 7) is 14.0. The first kappa shape index (κ1) is 19.4. The molecule has 0 aliphatic heterocycles. The average Bonchev–Trinajstić information content (AvgIpc) is 2.79. The lowest BCUT2D eigenvalue weighted by Gasteiger charge is -2.32. The number of nitrogens with zero attached hydrogens (tertiary/aromatic N) is 1. The molecule has 2 aliphatic rings. The number of carbonyl (C=O) groups is 1. The molecule has 0 N–H and O–H groups in total.